The molecule has 174 valence electrons. The molecule has 3 nitrogen and oxygen atoms in total. The van der Waals surface area contributed by atoms with Crippen LogP contribution in [-0.2, 0) is 11.2 Å². The third-order valence-electron chi connectivity index (χ3n) is 6.16. The summed E-state index contributed by atoms with van der Waals surface area (Å²) in [6.07, 6.45) is 7.48. The molecule has 0 aliphatic heterocycles. The molecule has 2 aromatic rings. The zero-order chi connectivity index (χ0) is 23.4. The maximum Gasteiger partial charge on any atom is 0.416 e. The zero-order valence-corrected chi connectivity index (χ0v) is 19.1. The standard InChI is InChI=1S/C26H26F3NO2S/c1-17-13-23-19(5-4-18(17)8-10-30-25(31)15-22-3-2-12-33-22)6-7-20(21-9-11-32-16-21)14-24(23)26(27,28)29/h2-4,7,9,11-14,16-17,19H,5-6,8,10,15H2,1H3,(H,30,31). The van der Waals surface area contributed by atoms with Crippen LogP contribution in [0, 0.1) is 11.8 Å². The van der Waals surface area contributed by atoms with E-state index in [1.165, 1.54) is 18.6 Å². The SMILES string of the molecule is CC1C=C2C(C(F)(F)F)=CC(c3ccoc3)=CCC2CC=C1CCNC(=O)Cc1cccs1. The van der Waals surface area contributed by atoms with Gasteiger partial charge in [-0.3, -0.25) is 4.79 Å². The summed E-state index contributed by atoms with van der Waals surface area (Å²) in [4.78, 5) is 13.2. The predicted octanol–water partition coefficient (Wildman–Crippen LogP) is 6.87. The van der Waals surface area contributed by atoms with Gasteiger partial charge in [-0.25, -0.2) is 0 Å². The first-order valence-corrected chi connectivity index (χ1v) is 11.9. The average molecular weight is 474 g/mol. The fraction of sp³-hybridized carbons (Fsp3) is 0.346. The number of hydrogen-bond acceptors (Lipinski definition) is 3. The molecule has 2 aliphatic carbocycles. The molecular weight excluding hydrogens is 447 g/mol. The van der Waals surface area contributed by atoms with Crippen LogP contribution >= 0.6 is 11.3 Å². The van der Waals surface area contributed by atoms with E-state index in [1.807, 2.05) is 30.5 Å². The second-order valence-electron chi connectivity index (χ2n) is 8.44. The van der Waals surface area contributed by atoms with Gasteiger partial charge in [0.05, 0.1) is 24.5 Å². The number of carbonyl (C=O) groups excluding carboxylic acids is 1. The Bertz CT molecular complexity index is 1090. The van der Waals surface area contributed by atoms with E-state index in [-0.39, 0.29) is 17.7 Å². The molecule has 0 bridgehead atoms. The van der Waals surface area contributed by atoms with Gasteiger partial charge in [-0.1, -0.05) is 36.8 Å². The minimum absolute atomic E-state index is 0.0398. The van der Waals surface area contributed by atoms with Gasteiger partial charge in [0.25, 0.3) is 0 Å². The van der Waals surface area contributed by atoms with E-state index in [2.05, 4.69) is 11.4 Å². The summed E-state index contributed by atoms with van der Waals surface area (Å²) >= 11 is 1.54. The highest BCUT2D eigenvalue weighted by atomic mass is 32.1. The number of carbonyl (C=O) groups is 1. The van der Waals surface area contributed by atoms with Crippen LogP contribution < -0.4 is 5.32 Å². The van der Waals surface area contributed by atoms with E-state index >= 15 is 0 Å². The minimum Gasteiger partial charge on any atom is -0.472 e. The van der Waals surface area contributed by atoms with Crippen molar-refractivity contribution in [2.75, 3.05) is 6.54 Å². The normalized spacial score (nSPS) is 21.1. The highest BCUT2D eigenvalue weighted by molar-refractivity contribution is 7.10. The largest absolute Gasteiger partial charge is 0.472 e. The lowest BCUT2D eigenvalue weighted by molar-refractivity contribution is -0.120. The van der Waals surface area contributed by atoms with E-state index in [4.69, 9.17) is 4.42 Å². The minimum atomic E-state index is -4.45. The summed E-state index contributed by atoms with van der Waals surface area (Å²) in [5, 5.41) is 4.87. The molecule has 4 rings (SSSR count). The highest BCUT2D eigenvalue weighted by Crippen LogP contribution is 2.44. The van der Waals surface area contributed by atoms with Gasteiger partial charge in [-0.2, -0.15) is 13.2 Å². The molecule has 2 aliphatic rings. The first kappa shape index (κ1) is 23.4. The first-order valence-electron chi connectivity index (χ1n) is 11.0. The van der Waals surface area contributed by atoms with E-state index in [0.717, 1.165) is 10.5 Å². The van der Waals surface area contributed by atoms with Gasteiger partial charge in [-0.15, -0.1) is 11.3 Å². The lowest BCUT2D eigenvalue weighted by Gasteiger charge is -2.21. The van der Waals surface area contributed by atoms with Crippen molar-refractivity contribution >= 4 is 22.8 Å². The summed E-state index contributed by atoms with van der Waals surface area (Å²) < 4.78 is 47.3. The van der Waals surface area contributed by atoms with E-state index in [0.29, 0.717) is 48.9 Å². The summed E-state index contributed by atoms with van der Waals surface area (Å²) in [5.41, 5.74) is 2.03. The van der Waals surface area contributed by atoms with Gasteiger partial charge in [0.2, 0.25) is 5.91 Å². The zero-order valence-electron chi connectivity index (χ0n) is 18.3. The third-order valence-corrected chi connectivity index (χ3v) is 7.04. The number of amides is 1. The summed E-state index contributed by atoms with van der Waals surface area (Å²) in [5.74, 6) is -0.418. The second-order valence-corrected chi connectivity index (χ2v) is 9.47. The van der Waals surface area contributed by atoms with E-state index < -0.39 is 11.7 Å². The Hall–Kier alpha value is -2.80. The van der Waals surface area contributed by atoms with Crippen LogP contribution in [0.4, 0.5) is 13.2 Å². The van der Waals surface area contributed by atoms with Gasteiger partial charge < -0.3 is 9.73 Å². The molecule has 2 heterocycles. The van der Waals surface area contributed by atoms with Crippen LogP contribution in [0.25, 0.3) is 5.57 Å². The van der Waals surface area contributed by atoms with Crippen molar-refractivity contribution in [1.82, 2.24) is 5.32 Å². The number of fused-ring (bicyclic) bond motifs is 1. The van der Waals surface area contributed by atoms with Crippen LogP contribution in [0.2, 0.25) is 0 Å². The maximum absolute atomic E-state index is 14.1. The lowest BCUT2D eigenvalue weighted by atomic mass is 9.87. The maximum atomic E-state index is 14.1. The topological polar surface area (TPSA) is 42.2 Å². The third kappa shape index (κ3) is 5.77. The number of hydrogen-bond donors (Lipinski definition) is 1. The summed E-state index contributed by atoms with van der Waals surface area (Å²) in [7, 11) is 0. The molecule has 2 aromatic heterocycles. The smallest absolute Gasteiger partial charge is 0.416 e. The van der Waals surface area contributed by atoms with Crippen LogP contribution in [0.5, 0.6) is 0 Å². The van der Waals surface area contributed by atoms with Gasteiger partial charge in [0, 0.05) is 17.0 Å². The van der Waals surface area contributed by atoms with Crippen molar-refractivity contribution in [3.63, 3.8) is 0 Å². The van der Waals surface area contributed by atoms with Crippen molar-refractivity contribution in [2.45, 2.75) is 38.8 Å². The number of rotatable bonds is 6. The van der Waals surface area contributed by atoms with Crippen molar-refractivity contribution in [1.29, 1.82) is 0 Å². The van der Waals surface area contributed by atoms with Crippen molar-refractivity contribution in [3.8, 4) is 0 Å². The lowest BCUT2D eigenvalue weighted by Crippen LogP contribution is -2.26. The monoisotopic (exact) mass is 473 g/mol. The fourth-order valence-electron chi connectivity index (χ4n) is 4.40. The van der Waals surface area contributed by atoms with Crippen molar-refractivity contribution in [2.24, 2.45) is 11.8 Å². The molecule has 7 heteroatoms. The molecular formula is C26H26F3NO2S. The molecule has 0 fully saturated rings. The molecule has 2 unspecified atom stereocenters. The van der Waals surface area contributed by atoms with Crippen LogP contribution in [-0.4, -0.2) is 18.6 Å². The van der Waals surface area contributed by atoms with Crippen LogP contribution in [0.3, 0.4) is 0 Å². The molecule has 1 amide bonds. The molecule has 33 heavy (non-hydrogen) atoms. The Kier molecular flexibility index (Phi) is 7.08. The Morgan fingerprint density at radius 2 is 2.06 bits per heavy atom. The predicted molar refractivity (Wildman–Crippen MR) is 125 cm³/mol. The van der Waals surface area contributed by atoms with Crippen LogP contribution in [0.1, 0.15) is 36.6 Å². The first-order chi connectivity index (χ1) is 15.8. The Balaban J connectivity index is 1.48. The summed E-state index contributed by atoms with van der Waals surface area (Å²) in [6.45, 7) is 2.40. The number of halogens is 3. The molecule has 0 saturated heterocycles. The number of furan rings is 1. The van der Waals surface area contributed by atoms with E-state index in [9.17, 15) is 18.0 Å². The van der Waals surface area contributed by atoms with Crippen molar-refractivity contribution in [3.05, 3.63) is 87.6 Å². The van der Waals surface area contributed by atoms with Crippen molar-refractivity contribution < 1.29 is 22.4 Å². The molecule has 2 atom stereocenters. The molecule has 0 spiro atoms. The number of alkyl halides is 3. The fourth-order valence-corrected chi connectivity index (χ4v) is 5.11. The van der Waals surface area contributed by atoms with Gasteiger partial charge >= 0.3 is 6.18 Å². The average Bonchev–Trinajstić information content (AvgIpc) is 3.41. The quantitative estimate of drug-likeness (QED) is 0.465. The molecule has 1 N–H and O–H groups in total. The number of allylic oxidation sites excluding steroid dienone is 7. The van der Waals surface area contributed by atoms with Gasteiger partial charge in [-0.05, 0) is 65.8 Å². The molecule has 0 saturated carbocycles. The second kappa shape index (κ2) is 10.00. The van der Waals surface area contributed by atoms with E-state index in [1.54, 1.807) is 23.5 Å². The summed E-state index contributed by atoms with van der Waals surface area (Å²) in [6, 6.07) is 5.52. The Morgan fingerprint density at radius 3 is 2.76 bits per heavy atom. The number of nitrogens with one attached hydrogen (secondary N) is 1. The Labute approximate surface area is 195 Å². The van der Waals surface area contributed by atoms with Gasteiger partial charge in [0.15, 0.2) is 0 Å². The van der Waals surface area contributed by atoms with Crippen LogP contribution in [0.15, 0.2) is 81.5 Å². The molecule has 0 aromatic carbocycles. The Morgan fingerprint density at radius 1 is 1.24 bits per heavy atom. The van der Waals surface area contributed by atoms with Gasteiger partial charge in [0.1, 0.15) is 0 Å². The number of thiophene rings is 1. The highest BCUT2D eigenvalue weighted by Gasteiger charge is 2.40. The molecule has 0 radical (unpaired) electrons.